The second-order valence-corrected chi connectivity index (χ2v) is 5.63. The molecule has 0 fully saturated rings. The number of benzene rings is 1. The van der Waals surface area contributed by atoms with Gasteiger partial charge in [0.05, 0.1) is 16.1 Å². The Kier molecular flexibility index (Phi) is 4.07. The number of hydrogen-bond donors (Lipinski definition) is 2. The number of hydrazine groups is 1. The van der Waals surface area contributed by atoms with Crippen molar-refractivity contribution < 1.29 is 0 Å². The van der Waals surface area contributed by atoms with Crippen LogP contribution in [0.25, 0.3) is 0 Å². The zero-order chi connectivity index (χ0) is 12.4. The van der Waals surface area contributed by atoms with E-state index in [0.717, 1.165) is 11.1 Å². The highest BCUT2D eigenvalue weighted by molar-refractivity contribution is 7.10. The van der Waals surface area contributed by atoms with Gasteiger partial charge in [0.1, 0.15) is 0 Å². The zero-order valence-electron chi connectivity index (χ0n) is 9.21. The first-order chi connectivity index (χ1) is 8.13. The molecule has 2 aromatic rings. The molecule has 1 aromatic carbocycles. The summed E-state index contributed by atoms with van der Waals surface area (Å²) in [7, 11) is 0. The van der Waals surface area contributed by atoms with E-state index in [1.165, 1.54) is 4.88 Å². The number of rotatable bonds is 3. The first-order valence-corrected chi connectivity index (χ1v) is 6.72. The van der Waals surface area contributed by atoms with Crippen molar-refractivity contribution in [2.45, 2.75) is 13.0 Å². The normalized spacial score (nSPS) is 12.7. The molecule has 0 aliphatic rings. The lowest BCUT2D eigenvalue weighted by atomic mass is 10.0. The van der Waals surface area contributed by atoms with Crippen LogP contribution in [0.1, 0.15) is 22.0 Å². The second-order valence-electron chi connectivity index (χ2n) is 3.73. The predicted molar refractivity (Wildman–Crippen MR) is 74.7 cm³/mol. The maximum Gasteiger partial charge on any atom is 0.0733 e. The standard InChI is InChI=1S/C12H12Cl2N2S/c1-7-5-8(6-17-7)12(16-15)9-3-2-4-10(13)11(9)14/h2-6,12,16H,15H2,1H3. The minimum atomic E-state index is -0.133. The lowest BCUT2D eigenvalue weighted by Gasteiger charge is -2.17. The molecular formula is C12H12Cl2N2S. The number of hydrogen-bond acceptors (Lipinski definition) is 3. The molecule has 0 saturated carbocycles. The van der Waals surface area contributed by atoms with Crippen molar-refractivity contribution in [3.05, 3.63) is 55.7 Å². The SMILES string of the molecule is Cc1cc(C(NN)c2cccc(Cl)c2Cl)cs1. The number of aryl methyl sites for hydroxylation is 1. The molecule has 2 nitrogen and oxygen atoms in total. The molecule has 2 rings (SSSR count). The van der Waals surface area contributed by atoms with E-state index < -0.39 is 0 Å². The fraction of sp³-hybridized carbons (Fsp3) is 0.167. The van der Waals surface area contributed by atoms with Gasteiger partial charge in [0.25, 0.3) is 0 Å². The molecule has 1 aromatic heterocycles. The van der Waals surface area contributed by atoms with Gasteiger partial charge in [-0.3, -0.25) is 5.84 Å². The van der Waals surface area contributed by atoms with Gasteiger partial charge in [0.2, 0.25) is 0 Å². The van der Waals surface area contributed by atoms with E-state index in [1.54, 1.807) is 17.4 Å². The number of thiophene rings is 1. The number of nitrogens with one attached hydrogen (secondary N) is 1. The molecule has 1 unspecified atom stereocenters. The van der Waals surface area contributed by atoms with Crippen LogP contribution in [-0.4, -0.2) is 0 Å². The van der Waals surface area contributed by atoms with Crippen LogP contribution in [0.3, 0.4) is 0 Å². The summed E-state index contributed by atoms with van der Waals surface area (Å²) >= 11 is 13.9. The summed E-state index contributed by atoms with van der Waals surface area (Å²) in [5, 5.41) is 3.15. The van der Waals surface area contributed by atoms with Gasteiger partial charge in [0.15, 0.2) is 0 Å². The van der Waals surface area contributed by atoms with Crippen LogP contribution in [0.15, 0.2) is 29.6 Å². The second kappa shape index (κ2) is 5.38. The van der Waals surface area contributed by atoms with Gasteiger partial charge in [-0.1, -0.05) is 35.3 Å². The summed E-state index contributed by atoms with van der Waals surface area (Å²) in [6.07, 6.45) is 0. The summed E-state index contributed by atoms with van der Waals surface area (Å²) in [6.45, 7) is 2.06. The van der Waals surface area contributed by atoms with Crippen LogP contribution < -0.4 is 11.3 Å². The molecule has 0 aliphatic heterocycles. The fourth-order valence-electron chi connectivity index (χ4n) is 1.72. The minimum Gasteiger partial charge on any atom is -0.271 e. The van der Waals surface area contributed by atoms with Gasteiger partial charge in [-0.25, -0.2) is 5.43 Å². The van der Waals surface area contributed by atoms with E-state index in [1.807, 2.05) is 12.1 Å². The van der Waals surface area contributed by atoms with Crippen molar-refractivity contribution in [2.24, 2.45) is 5.84 Å². The highest BCUT2D eigenvalue weighted by Gasteiger charge is 2.17. The number of nitrogens with two attached hydrogens (primary N) is 1. The lowest BCUT2D eigenvalue weighted by molar-refractivity contribution is 0.639. The molecule has 0 aliphatic carbocycles. The van der Waals surface area contributed by atoms with Gasteiger partial charge in [-0.05, 0) is 35.6 Å². The van der Waals surface area contributed by atoms with E-state index in [-0.39, 0.29) is 6.04 Å². The van der Waals surface area contributed by atoms with Crippen LogP contribution in [0, 0.1) is 6.92 Å². The van der Waals surface area contributed by atoms with Crippen LogP contribution in [0.4, 0.5) is 0 Å². The van der Waals surface area contributed by atoms with Gasteiger partial charge >= 0.3 is 0 Å². The number of halogens is 2. The molecule has 0 amide bonds. The first-order valence-electron chi connectivity index (χ1n) is 5.08. The largest absolute Gasteiger partial charge is 0.271 e. The molecule has 0 bridgehead atoms. The molecule has 1 atom stereocenters. The van der Waals surface area contributed by atoms with Crippen molar-refractivity contribution in [3.8, 4) is 0 Å². The zero-order valence-corrected chi connectivity index (χ0v) is 11.5. The highest BCUT2D eigenvalue weighted by Crippen LogP contribution is 2.34. The molecule has 5 heteroatoms. The predicted octanol–water partition coefficient (Wildman–Crippen LogP) is 3.92. The van der Waals surface area contributed by atoms with Gasteiger partial charge < -0.3 is 0 Å². The fourth-order valence-corrected chi connectivity index (χ4v) is 2.87. The van der Waals surface area contributed by atoms with Gasteiger partial charge in [0, 0.05) is 4.88 Å². The van der Waals surface area contributed by atoms with E-state index in [9.17, 15) is 0 Å². The Morgan fingerprint density at radius 2 is 2.12 bits per heavy atom. The summed E-state index contributed by atoms with van der Waals surface area (Å²) in [4.78, 5) is 1.23. The molecule has 3 N–H and O–H groups in total. The average molecular weight is 287 g/mol. The Morgan fingerprint density at radius 3 is 2.71 bits per heavy atom. The van der Waals surface area contributed by atoms with E-state index in [4.69, 9.17) is 29.0 Å². The van der Waals surface area contributed by atoms with E-state index in [2.05, 4.69) is 23.8 Å². The monoisotopic (exact) mass is 286 g/mol. The summed E-state index contributed by atoms with van der Waals surface area (Å²) in [6, 6.07) is 7.51. The minimum absolute atomic E-state index is 0.133. The summed E-state index contributed by atoms with van der Waals surface area (Å²) in [5.41, 5.74) is 4.76. The Hall–Kier alpha value is -0.580. The Balaban J connectivity index is 2.45. The molecule has 0 spiro atoms. The van der Waals surface area contributed by atoms with E-state index >= 15 is 0 Å². The third-order valence-corrected chi connectivity index (χ3v) is 4.26. The molecule has 1 heterocycles. The maximum atomic E-state index is 6.20. The third-order valence-electron chi connectivity index (χ3n) is 2.54. The molecule has 90 valence electrons. The van der Waals surface area contributed by atoms with Crippen molar-refractivity contribution >= 4 is 34.5 Å². The Bertz CT molecular complexity index is 525. The quantitative estimate of drug-likeness (QED) is 0.663. The first kappa shape index (κ1) is 12.9. The molecule has 17 heavy (non-hydrogen) atoms. The lowest BCUT2D eigenvalue weighted by Crippen LogP contribution is -2.28. The van der Waals surface area contributed by atoms with Crippen molar-refractivity contribution in [2.75, 3.05) is 0 Å². The third kappa shape index (κ3) is 2.64. The topological polar surface area (TPSA) is 38.0 Å². The van der Waals surface area contributed by atoms with E-state index in [0.29, 0.717) is 10.0 Å². The van der Waals surface area contributed by atoms with Crippen molar-refractivity contribution in [3.63, 3.8) is 0 Å². The van der Waals surface area contributed by atoms with Crippen LogP contribution >= 0.6 is 34.5 Å². The van der Waals surface area contributed by atoms with Crippen LogP contribution in [-0.2, 0) is 0 Å². The Morgan fingerprint density at radius 1 is 1.35 bits per heavy atom. The van der Waals surface area contributed by atoms with Gasteiger partial charge in [-0.2, -0.15) is 0 Å². The van der Waals surface area contributed by atoms with Crippen molar-refractivity contribution in [1.29, 1.82) is 0 Å². The van der Waals surface area contributed by atoms with Crippen LogP contribution in [0.5, 0.6) is 0 Å². The summed E-state index contributed by atoms with van der Waals surface area (Å²) < 4.78 is 0. The summed E-state index contributed by atoms with van der Waals surface area (Å²) in [5.74, 6) is 5.62. The Labute approximate surface area is 114 Å². The maximum absolute atomic E-state index is 6.20. The average Bonchev–Trinajstić information content (AvgIpc) is 2.72. The molecular weight excluding hydrogens is 275 g/mol. The molecule has 0 radical (unpaired) electrons. The van der Waals surface area contributed by atoms with Crippen LogP contribution in [0.2, 0.25) is 10.0 Å². The highest BCUT2D eigenvalue weighted by atomic mass is 35.5. The van der Waals surface area contributed by atoms with Gasteiger partial charge in [-0.15, -0.1) is 11.3 Å². The smallest absolute Gasteiger partial charge is 0.0733 e. The van der Waals surface area contributed by atoms with Crippen molar-refractivity contribution in [1.82, 2.24) is 5.43 Å². The molecule has 0 saturated heterocycles.